The van der Waals surface area contributed by atoms with Gasteiger partial charge in [0.15, 0.2) is 0 Å². The molecule has 0 bridgehead atoms. The van der Waals surface area contributed by atoms with Crippen LogP contribution < -0.4 is 5.32 Å². The molecule has 1 aliphatic heterocycles. The average molecular weight is 402 g/mol. The van der Waals surface area contributed by atoms with Crippen LogP contribution in [0.3, 0.4) is 0 Å². The van der Waals surface area contributed by atoms with Crippen molar-refractivity contribution in [2.45, 2.75) is 38.4 Å². The van der Waals surface area contributed by atoms with Gasteiger partial charge >= 0.3 is 5.97 Å². The second-order valence-electron chi connectivity index (χ2n) is 7.04. The van der Waals surface area contributed by atoms with E-state index in [4.69, 9.17) is 0 Å². The third kappa shape index (κ3) is 4.77. The smallest absolute Gasteiger partial charge is 0.326 e. The largest absolute Gasteiger partial charge is 0.480 e. The van der Waals surface area contributed by atoms with Crippen LogP contribution in [-0.2, 0) is 33.8 Å². The third-order valence-corrected chi connectivity index (χ3v) is 4.85. The number of nitrogens with one attached hydrogen (secondary N) is 1. The zero-order valence-electron chi connectivity index (χ0n) is 15.7. The number of hydrogen-bond acceptors (Lipinski definition) is 3. The Morgan fingerprint density at radius 2 is 1.76 bits per heavy atom. The van der Waals surface area contributed by atoms with E-state index >= 15 is 0 Å². The Labute approximate surface area is 166 Å². The minimum absolute atomic E-state index is 0.126. The second-order valence-corrected chi connectivity index (χ2v) is 7.04. The van der Waals surface area contributed by atoms with Crippen molar-refractivity contribution in [2.75, 3.05) is 0 Å². The fourth-order valence-electron chi connectivity index (χ4n) is 3.48. The molecular formula is C21H20F2N2O4. The van der Waals surface area contributed by atoms with Crippen LogP contribution in [0.15, 0.2) is 42.5 Å². The van der Waals surface area contributed by atoms with Crippen molar-refractivity contribution < 1.29 is 28.3 Å². The zero-order chi connectivity index (χ0) is 21.1. The molecule has 0 saturated carbocycles. The van der Waals surface area contributed by atoms with Crippen LogP contribution in [0.4, 0.5) is 8.78 Å². The molecule has 8 heteroatoms. The van der Waals surface area contributed by atoms with E-state index in [0.29, 0.717) is 6.07 Å². The van der Waals surface area contributed by atoms with E-state index in [1.54, 1.807) is 0 Å². The molecule has 0 spiro atoms. The van der Waals surface area contributed by atoms with Crippen molar-refractivity contribution in [3.8, 4) is 0 Å². The van der Waals surface area contributed by atoms with Gasteiger partial charge in [-0.2, -0.15) is 0 Å². The van der Waals surface area contributed by atoms with E-state index < -0.39 is 41.5 Å². The van der Waals surface area contributed by atoms with Crippen molar-refractivity contribution in [1.82, 2.24) is 10.2 Å². The molecule has 2 atom stereocenters. The molecule has 6 nitrogen and oxygen atoms in total. The van der Waals surface area contributed by atoms with Gasteiger partial charge in [-0.1, -0.05) is 24.3 Å². The molecule has 1 aliphatic rings. The summed E-state index contributed by atoms with van der Waals surface area (Å²) in [6.45, 7) is 1.58. The maximum atomic E-state index is 13.3. The lowest BCUT2D eigenvalue weighted by molar-refractivity contribution is -0.152. The van der Waals surface area contributed by atoms with Crippen molar-refractivity contribution >= 4 is 17.8 Å². The van der Waals surface area contributed by atoms with E-state index in [-0.39, 0.29) is 24.9 Å². The van der Waals surface area contributed by atoms with Gasteiger partial charge in [0.05, 0.1) is 6.42 Å². The highest BCUT2D eigenvalue weighted by atomic mass is 19.1. The molecule has 0 fully saturated rings. The van der Waals surface area contributed by atoms with Gasteiger partial charge in [-0.25, -0.2) is 13.6 Å². The standard InChI is InChI=1S/C21H20F2N2O4/c1-12(24-19(26)8-13-6-16(22)10-17(23)7-13)20(27)25-11-15-5-3-2-4-14(15)9-18(25)21(28)29/h2-7,10,12,18H,8-9,11H2,1H3,(H,24,26)(H,28,29). The molecule has 3 rings (SSSR count). The Kier molecular flexibility index (Phi) is 5.91. The molecule has 0 saturated heterocycles. The summed E-state index contributed by atoms with van der Waals surface area (Å²) in [6.07, 6.45) is -0.127. The summed E-state index contributed by atoms with van der Waals surface area (Å²) >= 11 is 0. The van der Waals surface area contributed by atoms with Crippen LogP contribution in [0.2, 0.25) is 0 Å². The number of carbonyl (C=O) groups excluding carboxylic acids is 2. The lowest BCUT2D eigenvalue weighted by Crippen LogP contribution is -2.55. The number of benzene rings is 2. The number of halogens is 2. The zero-order valence-corrected chi connectivity index (χ0v) is 15.7. The Hall–Kier alpha value is -3.29. The Morgan fingerprint density at radius 1 is 1.14 bits per heavy atom. The number of hydrogen-bond donors (Lipinski definition) is 2. The van der Waals surface area contributed by atoms with Gasteiger partial charge in [-0.3, -0.25) is 9.59 Å². The van der Waals surface area contributed by atoms with Crippen LogP contribution >= 0.6 is 0 Å². The fraction of sp³-hybridized carbons (Fsp3) is 0.286. The predicted octanol–water partition coefficient (Wildman–Crippen LogP) is 2.05. The lowest BCUT2D eigenvalue weighted by Gasteiger charge is -2.36. The molecule has 2 N–H and O–H groups in total. The van der Waals surface area contributed by atoms with Crippen molar-refractivity contribution in [3.05, 3.63) is 70.8 Å². The number of fused-ring (bicyclic) bond motifs is 1. The third-order valence-electron chi connectivity index (χ3n) is 4.85. The maximum Gasteiger partial charge on any atom is 0.326 e. The van der Waals surface area contributed by atoms with E-state index in [9.17, 15) is 28.3 Å². The van der Waals surface area contributed by atoms with Crippen molar-refractivity contribution in [3.63, 3.8) is 0 Å². The topological polar surface area (TPSA) is 86.7 Å². The summed E-state index contributed by atoms with van der Waals surface area (Å²) in [7, 11) is 0. The first-order valence-corrected chi connectivity index (χ1v) is 9.09. The minimum atomic E-state index is -1.12. The Morgan fingerprint density at radius 3 is 2.38 bits per heavy atom. The summed E-state index contributed by atoms with van der Waals surface area (Å²) in [6, 6.07) is 8.04. The van der Waals surface area contributed by atoms with Gasteiger partial charge in [0, 0.05) is 19.0 Å². The van der Waals surface area contributed by atoms with Crippen molar-refractivity contribution in [1.29, 1.82) is 0 Å². The molecule has 0 aliphatic carbocycles. The highest BCUT2D eigenvalue weighted by Crippen LogP contribution is 2.24. The highest BCUT2D eigenvalue weighted by molar-refractivity contribution is 5.91. The molecule has 2 aromatic carbocycles. The van der Waals surface area contributed by atoms with E-state index in [1.807, 2.05) is 24.3 Å². The first-order valence-electron chi connectivity index (χ1n) is 9.09. The van der Waals surface area contributed by atoms with E-state index in [1.165, 1.54) is 11.8 Å². The van der Waals surface area contributed by atoms with Gasteiger partial charge in [-0.15, -0.1) is 0 Å². The summed E-state index contributed by atoms with van der Waals surface area (Å²) in [5.41, 5.74) is 1.86. The van der Waals surface area contributed by atoms with Crippen LogP contribution in [-0.4, -0.2) is 39.9 Å². The van der Waals surface area contributed by atoms with Gasteiger partial charge in [0.2, 0.25) is 11.8 Å². The summed E-state index contributed by atoms with van der Waals surface area (Å²) in [4.78, 5) is 38.0. The molecule has 0 aromatic heterocycles. The number of aliphatic carboxylic acids is 1. The number of nitrogens with zero attached hydrogens (tertiary/aromatic N) is 1. The molecule has 0 radical (unpaired) electrons. The van der Waals surface area contributed by atoms with Crippen LogP contribution in [0.5, 0.6) is 0 Å². The van der Waals surface area contributed by atoms with E-state index in [2.05, 4.69) is 5.32 Å². The molecule has 2 amide bonds. The monoisotopic (exact) mass is 402 g/mol. The Bertz CT molecular complexity index is 943. The number of rotatable bonds is 5. The average Bonchev–Trinajstić information content (AvgIpc) is 2.65. The summed E-state index contributed by atoms with van der Waals surface area (Å²) in [5, 5.41) is 12.0. The fourth-order valence-corrected chi connectivity index (χ4v) is 3.48. The van der Waals surface area contributed by atoms with Crippen molar-refractivity contribution in [2.24, 2.45) is 0 Å². The maximum absolute atomic E-state index is 13.3. The Balaban J connectivity index is 1.69. The molecule has 29 heavy (non-hydrogen) atoms. The molecule has 1 heterocycles. The number of carboxylic acid groups (broad SMARTS) is 1. The lowest BCUT2D eigenvalue weighted by atomic mass is 9.93. The molecular weight excluding hydrogens is 382 g/mol. The van der Waals surface area contributed by atoms with Crippen LogP contribution in [0, 0.1) is 11.6 Å². The quantitative estimate of drug-likeness (QED) is 0.802. The molecule has 2 unspecified atom stereocenters. The number of amides is 2. The predicted molar refractivity (Wildman–Crippen MR) is 99.8 cm³/mol. The van der Waals surface area contributed by atoms with Gasteiger partial charge in [-0.05, 0) is 35.7 Å². The van der Waals surface area contributed by atoms with Gasteiger partial charge in [0.1, 0.15) is 23.7 Å². The normalized spacial score (nSPS) is 16.7. The van der Waals surface area contributed by atoms with Crippen LogP contribution in [0.25, 0.3) is 0 Å². The van der Waals surface area contributed by atoms with E-state index in [0.717, 1.165) is 23.3 Å². The first kappa shape index (κ1) is 20.4. The molecule has 152 valence electrons. The minimum Gasteiger partial charge on any atom is -0.480 e. The first-order chi connectivity index (χ1) is 13.7. The SMILES string of the molecule is CC(NC(=O)Cc1cc(F)cc(F)c1)C(=O)N1Cc2ccccc2CC1C(=O)O. The molecule has 2 aromatic rings. The van der Waals surface area contributed by atoms with Crippen LogP contribution in [0.1, 0.15) is 23.6 Å². The second kappa shape index (κ2) is 8.38. The highest BCUT2D eigenvalue weighted by Gasteiger charge is 2.36. The number of carboxylic acids is 1. The summed E-state index contributed by atoms with van der Waals surface area (Å²) < 4.78 is 26.5. The van der Waals surface area contributed by atoms with Gasteiger partial charge in [0.25, 0.3) is 0 Å². The summed E-state index contributed by atoms with van der Waals surface area (Å²) in [5.74, 6) is -3.85. The number of carbonyl (C=O) groups is 3. The van der Waals surface area contributed by atoms with Gasteiger partial charge < -0.3 is 15.3 Å².